The number of carbonyl (C=O) groups excluding carboxylic acids is 1. The van der Waals surface area contributed by atoms with Crippen LogP contribution < -0.4 is 10.6 Å². The van der Waals surface area contributed by atoms with Gasteiger partial charge in [-0.1, -0.05) is 0 Å². The molecule has 0 spiro atoms. The van der Waals surface area contributed by atoms with Crippen molar-refractivity contribution in [2.75, 3.05) is 20.1 Å². The summed E-state index contributed by atoms with van der Waals surface area (Å²) in [5.41, 5.74) is 0. The largest absolute Gasteiger partial charge is 0.481 e. The van der Waals surface area contributed by atoms with Crippen LogP contribution in [0.25, 0.3) is 0 Å². The van der Waals surface area contributed by atoms with Gasteiger partial charge in [0.15, 0.2) is 0 Å². The third kappa shape index (κ3) is 8.30. The second-order valence-corrected chi connectivity index (χ2v) is 4.82. The lowest BCUT2D eigenvalue weighted by Gasteiger charge is -2.20. The van der Waals surface area contributed by atoms with Gasteiger partial charge >= 0.3 is 18.0 Å². The molecule has 0 aliphatic carbocycles. The fraction of sp³-hybridized carbons (Fsp3) is 0.750. The van der Waals surface area contributed by atoms with E-state index in [0.29, 0.717) is 12.6 Å². The molecule has 116 valence electrons. The third-order valence-electron chi connectivity index (χ3n) is 2.84. The fourth-order valence-electron chi connectivity index (χ4n) is 1.37. The van der Waals surface area contributed by atoms with Crippen molar-refractivity contribution < 1.29 is 24.6 Å². The van der Waals surface area contributed by atoms with Crippen LogP contribution in [0.4, 0.5) is 4.79 Å². The van der Waals surface area contributed by atoms with Crippen molar-refractivity contribution in [2.45, 2.75) is 38.8 Å². The van der Waals surface area contributed by atoms with Gasteiger partial charge in [-0.15, -0.1) is 0 Å². The monoisotopic (exact) mass is 289 g/mol. The highest BCUT2D eigenvalue weighted by atomic mass is 16.4. The topological polar surface area (TPSA) is 119 Å². The molecule has 4 N–H and O–H groups in total. The van der Waals surface area contributed by atoms with E-state index in [1.807, 2.05) is 7.05 Å². The second-order valence-electron chi connectivity index (χ2n) is 4.82. The van der Waals surface area contributed by atoms with E-state index in [9.17, 15) is 14.4 Å². The molecule has 0 radical (unpaired) electrons. The van der Waals surface area contributed by atoms with Gasteiger partial charge in [0.25, 0.3) is 0 Å². The molecule has 0 aliphatic heterocycles. The maximum atomic E-state index is 11.4. The molecule has 0 saturated heterocycles. The molecule has 0 rings (SSSR count). The van der Waals surface area contributed by atoms with Crippen LogP contribution in [0.3, 0.4) is 0 Å². The molecule has 0 aliphatic rings. The van der Waals surface area contributed by atoms with Crippen LogP contribution in [0.5, 0.6) is 0 Å². The van der Waals surface area contributed by atoms with Crippen molar-refractivity contribution in [3.8, 4) is 0 Å². The average Bonchev–Trinajstić information content (AvgIpc) is 2.32. The molecule has 0 bridgehead atoms. The summed E-state index contributed by atoms with van der Waals surface area (Å²) >= 11 is 0. The Bertz CT molecular complexity index is 346. The van der Waals surface area contributed by atoms with Gasteiger partial charge < -0.3 is 25.7 Å². The maximum absolute atomic E-state index is 11.4. The normalized spacial score (nSPS) is 12.2. The minimum absolute atomic E-state index is 0.391. The van der Waals surface area contributed by atoms with Crippen molar-refractivity contribution in [3.05, 3.63) is 0 Å². The van der Waals surface area contributed by atoms with E-state index in [1.54, 1.807) is 0 Å². The smallest absolute Gasteiger partial charge is 0.326 e. The highest BCUT2D eigenvalue weighted by Crippen LogP contribution is 1.95. The third-order valence-corrected chi connectivity index (χ3v) is 2.84. The van der Waals surface area contributed by atoms with Gasteiger partial charge in [0.1, 0.15) is 6.04 Å². The van der Waals surface area contributed by atoms with Gasteiger partial charge in [-0.05, 0) is 33.9 Å². The first-order valence-corrected chi connectivity index (χ1v) is 6.43. The number of hydrogen-bond donors (Lipinski definition) is 4. The number of aliphatic carboxylic acids is 2. The van der Waals surface area contributed by atoms with Crippen LogP contribution in [0.2, 0.25) is 0 Å². The Balaban J connectivity index is 3.97. The standard InChI is InChI=1S/C12H23N3O5/c1-8(2)15(3)6-4-5-13-12(20)14-9(11(18)19)7-10(16)17/h8-9H,4-7H2,1-3H3,(H,16,17)(H,18,19)(H2,13,14,20)/t9-/m0/s1. The number of rotatable bonds is 9. The summed E-state index contributed by atoms with van der Waals surface area (Å²) in [6.07, 6.45) is 0.0671. The number of carboxylic acids is 2. The minimum atomic E-state index is -1.43. The highest BCUT2D eigenvalue weighted by molar-refractivity contribution is 5.86. The van der Waals surface area contributed by atoms with E-state index in [0.717, 1.165) is 13.0 Å². The summed E-state index contributed by atoms with van der Waals surface area (Å²) in [4.78, 5) is 34.7. The Morgan fingerprint density at radius 1 is 1.20 bits per heavy atom. The first-order valence-electron chi connectivity index (χ1n) is 6.43. The lowest BCUT2D eigenvalue weighted by atomic mass is 10.2. The van der Waals surface area contributed by atoms with Gasteiger partial charge in [0, 0.05) is 12.6 Å². The van der Waals surface area contributed by atoms with Crippen LogP contribution in [0.15, 0.2) is 0 Å². The predicted molar refractivity (Wildman–Crippen MR) is 72.6 cm³/mol. The van der Waals surface area contributed by atoms with E-state index in [1.165, 1.54) is 0 Å². The molecule has 0 aromatic rings. The average molecular weight is 289 g/mol. The Kier molecular flexibility index (Phi) is 8.30. The van der Waals surface area contributed by atoms with Crippen molar-refractivity contribution in [1.82, 2.24) is 15.5 Å². The molecule has 20 heavy (non-hydrogen) atoms. The Hall–Kier alpha value is -1.83. The summed E-state index contributed by atoms with van der Waals surface area (Å²) in [6.45, 7) is 5.31. The van der Waals surface area contributed by atoms with Crippen LogP contribution in [-0.2, 0) is 9.59 Å². The molecule has 0 unspecified atom stereocenters. The van der Waals surface area contributed by atoms with Gasteiger partial charge in [0.2, 0.25) is 0 Å². The Morgan fingerprint density at radius 3 is 2.25 bits per heavy atom. The molecule has 8 heteroatoms. The fourth-order valence-corrected chi connectivity index (χ4v) is 1.37. The van der Waals surface area contributed by atoms with Gasteiger partial charge in [-0.3, -0.25) is 4.79 Å². The maximum Gasteiger partial charge on any atom is 0.326 e. The van der Waals surface area contributed by atoms with Crippen LogP contribution in [0.1, 0.15) is 26.7 Å². The molecular weight excluding hydrogens is 266 g/mol. The lowest BCUT2D eigenvalue weighted by Crippen LogP contribution is -2.47. The summed E-state index contributed by atoms with van der Waals surface area (Å²) in [7, 11) is 1.97. The minimum Gasteiger partial charge on any atom is -0.481 e. The van der Waals surface area contributed by atoms with E-state index in [-0.39, 0.29) is 0 Å². The highest BCUT2D eigenvalue weighted by Gasteiger charge is 2.22. The zero-order chi connectivity index (χ0) is 15.7. The van der Waals surface area contributed by atoms with E-state index in [2.05, 4.69) is 29.4 Å². The zero-order valence-electron chi connectivity index (χ0n) is 12.0. The first kappa shape index (κ1) is 18.2. The van der Waals surface area contributed by atoms with Crippen LogP contribution in [-0.4, -0.2) is 65.3 Å². The van der Waals surface area contributed by atoms with Crippen molar-refractivity contribution in [3.63, 3.8) is 0 Å². The van der Waals surface area contributed by atoms with E-state index < -0.39 is 30.4 Å². The summed E-state index contributed by atoms with van der Waals surface area (Å²) < 4.78 is 0. The first-order chi connectivity index (χ1) is 9.23. The molecule has 8 nitrogen and oxygen atoms in total. The van der Waals surface area contributed by atoms with E-state index >= 15 is 0 Å². The van der Waals surface area contributed by atoms with Crippen LogP contribution >= 0.6 is 0 Å². The predicted octanol–water partition coefficient (Wildman–Crippen LogP) is -0.0562. The number of nitrogens with zero attached hydrogens (tertiary/aromatic N) is 1. The summed E-state index contributed by atoms with van der Waals surface area (Å²) in [5, 5.41) is 21.9. The summed E-state index contributed by atoms with van der Waals surface area (Å²) in [6, 6.07) is -1.69. The molecular formula is C12H23N3O5. The quantitative estimate of drug-likeness (QED) is 0.442. The number of urea groups is 1. The Labute approximate surface area is 118 Å². The van der Waals surface area contributed by atoms with Gasteiger partial charge in [0.05, 0.1) is 6.42 Å². The SMILES string of the molecule is CC(C)N(C)CCCNC(=O)N[C@@H](CC(=O)O)C(=O)O. The lowest BCUT2D eigenvalue weighted by molar-refractivity contribution is -0.145. The number of hydrogen-bond acceptors (Lipinski definition) is 4. The van der Waals surface area contributed by atoms with E-state index in [4.69, 9.17) is 10.2 Å². The summed E-state index contributed by atoms with van der Waals surface area (Å²) in [5.74, 6) is -2.65. The van der Waals surface area contributed by atoms with Gasteiger partial charge in [-0.2, -0.15) is 0 Å². The number of carboxylic acid groups (broad SMARTS) is 2. The van der Waals surface area contributed by atoms with Crippen molar-refractivity contribution in [2.24, 2.45) is 0 Å². The number of carbonyl (C=O) groups is 3. The van der Waals surface area contributed by atoms with Gasteiger partial charge in [-0.25, -0.2) is 9.59 Å². The molecule has 0 aromatic carbocycles. The van der Waals surface area contributed by atoms with Crippen molar-refractivity contribution in [1.29, 1.82) is 0 Å². The van der Waals surface area contributed by atoms with Crippen LogP contribution in [0, 0.1) is 0 Å². The molecule has 0 heterocycles. The second kappa shape index (κ2) is 9.13. The molecule has 0 fully saturated rings. The zero-order valence-corrected chi connectivity index (χ0v) is 12.0. The van der Waals surface area contributed by atoms with Crippen molar-refractivity contribution >= 4 is 18.0 Å². The molecule has 2 amide bonds. The number of nitrogens with one attached hydrogen (secondary N) is 2. The molecule has 1 atom stereocenters. The Morgan fingerprint density at radius 2 is 1.80 bits per heavy atom. The molecule has 0 saturated carbocycles. The molecule has 0 aromatic heterocycles. The number of amides is 2.